The molecule has 1 aromatic heterocycles. The molecule has 1 unspecified atom stereocenters. The molecule has 0 amide bonds. The number of benzene rings is 1. The number of rotatable bonds is 2. The van der Waals surface area contributed by atoms with Crippen LogP contribution in [0.3, 0.4) is 0 Å². The van der Waals surface area contributed by atoms with Crippen LogP contribution in [0, 0.1) is 4.77 Å². The van der Waals surface area contributed by atoms with Gasteiger partial charge in [0, 0.05) is 0 Å². The first-order chi connectivity index (χ1) is 9.95. The van der Waals surface area contributed by atoms with Crippen LogP contribution in [-0.4, -0.2) is 35.5 Å². The van der Waals surface area contributed by atoms with Crippen LogP contribution in [0.2, 0.25) is 0 Å². The third-order valence-corrected chi connectivity index (χ3v) is 3.70. The van der Waals surface area contributed by atoms with E-state index >= 15 is 0 Å². The van der Waals surface area contributed by atoms with Crippen molar-refractivity contribution in [2.75, 3.05) is 19.8 Å². The van der Waals surface area contributed by atoms with Crippen LogP contribution < -0.4 is 0 Å². The standard InChI is InChI=1S/C13H13F3N2O2S/c14-13(15,16)8-1-2-11-10(5-8)17-12(21)18(11)6-9-7-19-3-4-20-9/h1-2,5,9H,3-4,6-7H2,(H,17,21). The second-order valence-corrected chi connectivity index (χ2v) is 5.22. The molecule has 1 fully saturated rings. The quantitative estimate of drug-likeness (QED) is 0.865. The first-order valence-electron chi connectivity index (χ1n) is 6.44. The SMILES string of the molecule is FC(F)(F)c1ccc2c(c1)[nH]c(=S)n2CC1COCCO1. The van der Waals surface area contributed by atoms with Crippen LogP contribution in [0.15, 0.2) is 18.2 Å². The fourth-order valence-electron chi connectivity index (χ4n) is 2.37. The third kappa shape index (κ3) is 2.97. The number of hydrogen-bond donors (Lipinski definition) is 1. The number of H-pyrrole nitrogens is 1. The fraction of sp³-hybridized carbons (Fsp3) is 0.462. The van der Waals surface area contributed by atoms with Crippen LogP contribution in [0.25, 0.3) is 11.0 Å². The summed E-state index contributed by atoms with van der Waals surface area (Å²) in [7, 11) is 0. The maximum Gasteiger partial charge on any atom is 0.416 e. The number of nitrogens with zero attached hydrogens (tertiary/aromatic N) is 1. The predicted octanol–water partition coefficient (Wildman–Crippen LogP) is 3.13. The fourth-order valence-corrected chi connectivity index (χ4v) is 2.65. The zero-order valence-corrected chi connectivity index (χ0v) is 11.8. The van der Waals surface area contributed by atoms with Gasteiger partial charge in [0.2, 0.25) is 0 Å². The molecule has 0 radical (unpaired) electrons. The topological polar surface area (TPSA) is 39.2 Å². The van der Waals surface area contributed by atoms with Crippen LogP contribution in [0.4, 0.5) is 13.2 Å². The van der Waals surface area contributed by atoms with Crippen LogP contribution in [-0.2, 0) is 22.2 Å². The van der Waals surface area contributed by atoms with Crippen molar-refractivity contribution in [3.63, 3.8) is 0 Å². The summed E-state index contributed by atoms with van der Waals surface area (Å²) in [6, 6.07) is 3.55. The molecular formula is C13H13F3N2O2S. The second-order valence-electron chi connectivity index (χ2n) is 4.84. The normalized spacial score (nSPS) is 20.0. The average Bonchev–Trinajstić information content (AvgIpc) is 2.75. The molecule has 4 nitrogen and oxygen atoms in total. The molecule has 0 bridgehead atoms. The van der Waals surface area contributed by atoms with Crippen molar-refractivity contribution in [2.45, 2.75) is 18.8 Å². The number of ether oxygens (including phenoxy) is 2. The van der Waals surface area contributed by atoms with Gasteiger partial charge in [-0.3, -0.25) is 0 Å². The summed E-state index contributed by atoms with van der Waals surface area (Å²) >= 11 is 5.19. The number of hydrogen-bond acceptors (Lipinski definition) is 3. The summed E-state index contributed by atoms with van der Waals surface area (Å²) in [6.07, 6.45) is -4.52. The van der Waals surface area contributed by atoms with Gasteiger partial charge in [-0.25, -0.2) is 0 Å². The van der Waals surface area contributed by atoms with E-state index in [1.165, 1.54) is 6.07 Å². The molecule has 1 aliphatic rings. The average molecular weight is 318 g/mol. The Balaban J connectivity index is 1.95. The Morgan fingerprint density at radius 3 is 2.81 bits per heavy atom. The van der Waals surface area contributed by atoms with E-state index in [4.69, 9.17) is 21.7 Å². The lowest BCUT2D eigenvalue weighted by atomic mass is 10.2. The van der Waals surface area contributed by atoms with Gasteiger partial charge in [-0.2, -0.15) is 13.2 Å². The number of aromatic nitrogens is 2. The van der Waals surface area contributed by atoms with Crippen molar-refractivity contribution in [3.05, 3.63) is 28.5 Å². The van der Waals surface area contributed by atoms with Gasteiger partial charge in [0.25, 0.3) is 0 Å². The number of nitrogens with one attached hydrogen (secondary N) is 1. The molecule has 3 rings (SSSR count). The largest absolute Gasteiger partial charge is 0.416 e. The van der Waals surface area contributed by atoms with Crippen LogP contribution >= 0.6 is 12.2 Å². The lowest BCUT2D eigenvalue weighted by Gasteiger charge is -2.23. The highest BCUT2D eigenvalue weighted by Gasteiger charge is 2.31. The Morgan fingerprint density at radius 1 is 1.33 bits per heavy atom. The maximum atomic E-state index is 12.7. The van der Waals surface area contributed by atoms with Crippen molar-refractivity contribution in [3.8, 4) is 0 Å². The number of aromatic amines is 1. The Kier molecular flexibility index (Phi) is 3.76. The number of halogens is 3. The van der Waals surface area contributed by atoms with Crippen molar-refractivity contribution >= 4 is 23.3 Å². The highest BCUT2D eigenvalue weighted by atomic mass is 32.1. The van der Waals surface area contributed by atoms with E-state index in [0.717, 1.165) is 12.1 Å². The molecule has 0 saturated carbocycles. The van der Waals surface area contributed by atoms with Crippen LogP contribution in [0.1, 0.15) is 5.56 Å². The van der Waals surface area contributed by atoms with Gasteiger partial charge < -0.3 is 19.0 Å². The molecule has 2 heterocycles. The first-order valence-corrected chi connectivity index (χ1v) is 6.85. The lowest BCUT2D eigenvalue weighted by Crippen LogP contribution is -2.32. The monoisotopic (exact) mass is 318 g/mol. The maximum absolute atomic E-state index is 12.7. The van der Waals surface area contributed by atoms with Crippen molar-refractivity contribution in [2.24, 2.45) is 0 Å². The second kappa shape index (κ2) is 5.43. The van der Waals surface area contributed by atoms with E-state index < -0.39 is 11.7 Å². The highest BCUT2D eigenvalue weighted by molar-refractivity contribution is 7.71. The van der Waals surface area contributed by atoms with Crippen molar-refractivity contribution in [1.29, 1.82) is 0 Å². The van der Waals surface area contributed by atoms with E-state index in [2.05, 4.69) is 4.98 Å². The summed E-state index contributed by atoms with van der Waals surface area (Å²) < 4.78 is 51.1. The van der Waals surface area contributed by atoms with Gasteiger partial charge in [0.15, 0.2) is 4.77 Å². The van der Waals surface area contributed by atoms with E-state index in [1.54, 1.807) is 4.57 Å². The third-order valence-electron chi connectivity index (χ3n) is 3.37. The Morgan fingerprint density at radius 2 is 2.14 bits per heavy atom. The number of alkyl halides is 3. The minimum Gasteiger partial charge on any atom is -0.376 e. The molecule has 21 heavy (non-hydrogen) atoms. The molecule has 1 N–H and O–H groups in total. The van der Waals surface area contributed by atoms with Gasteiger partial charge in [0.05, 0.1) is 49.1 Å². The zero-order chi connectivity index (χ0) is 15.0. The molecule has 1 aliphatic heterocycles. The van der Waals surface area contributed by atoms with Gasteiger partial charge in [0.1, 0.15) is 0 Å². The Labute approximate surface area is 123 Å². The molecular weight excluding hydrogens is 305 g/mol. The summed E-state index contributed by atoms with van der Waals surface area (Å²) in [5.74, 6) is 0. The van der Waals surface area contributed by atoms with Crippen LogP contribution in [0.5, 0.6) is 0 Å². The van der Waals surface area contributed by atoms with Crippen molar-refractivity contribution in [1.82, 2.24) is 9.55 Å². The van der Waals surface area contributed by atoms with Crippen molar-refractivity contribution < 1.29 is 22.6 Å². The predicted molar refractivity (Wildman–Crippen MR) is 72.7 cm³/mol. The van der Waals surface area contributed by atoms with Gasteiger partial charge >= 0.3 is 6.18 Å². The molecule has 1 saturated heterocycles. The molecule has 1 atom stereocenters. The highest BCUT2D eigenvalue weighted by Crippen LogP contribution is 2.31. The minimum atomic E-state index is -4.37. The summed E-state index contributed by atoms with van der Waals surface area (Å²) in [6.45, 7) is 1.97. The smallest absolute Gasteiger partial charge is 0.376 e. The zero-order valence-electron chi connectivity index (χ0n) is 10.9. The molecule has 0 spiro atoms. The number of imidazole rings is 1. The molecule has 8 heteroatoms. The molecule has 2 aromatic rings. The van der Waals surface area contributed by atoms with E-state index in [-0.39, 0.29) is 6.10 Å². The Hall–Kier alpha value is -1.38. The van der Waals surface area contributed by atoms with E-state index in [9.17, 15) is 13.2 Å². The lowest BCUT2D eigenvalue weighted by molar-refractivity contribution is -0.137. The first kappa shape index (κ1) is 14.6. The van der Waals surface area contributed by atoms with E-state index in [1.807, 2.05) is 0 Å². The molecule has 1 aromatic carbocycles. The summed E-state index contributed by atoms with van der Waals surface area (Å²) in [5.41, 5.74) is 0.296. The van der Waals surface area contributed by atoms with Gasteiger partial charge in [-0.05, 0) is 30.4 Å². The summed E-state index contributed by atoms with van der Waals surface area (Å²) in [4.78, 5) is 2.81. The Bertz CT molecular complexity index is 701. The summed E-state index contributed by atoms with van der Waals surface area (Å²) in [5, 5.41) is 0. The molecule has 114 valence electrons. The van der Waals surface area contributed by atoms with Gasteiger partial charge in [-0.1, -0.05) is 0 Å². The number of fused-ring (bicyclic) bond motifs is 1. The van der Waals surface area contributed by atoms with E-state index in [0.29, 0.717) is 42.2 Å². The minimum absolute atomic E-state index is 0.147. The molecule has 0 aliphatic carbocycles. The van der Waals surface area contributed by atoms with Gasteiger partial charge in [-0.15, -0.1) is 0 Å².